The third-order valence-corrected chi connectivity index (χ3v) is 13.7. The van der Waals surface area contributed by atoms with Gasteiger partial charge in [0.15, 0.2) is 11.6 Å². The molecular formula is C63H40N6. The van der Waals surface area contributed by atoms with Crippen molar-refractivity contribution in [1.82, 2.24) is 28.7 Å². The fraction of sp³-hybridized carbons (Fsp3) is 0. The number of hydrogen-bond donors (Lipinski definition) is 0. The fourth-order valence-corrected chi connectivity index (χ4v) is 10.7. The fourth-order valence-electron chi connectivity index (χ4n) is 10.7. The van der Waals surface area contributed by atoms with Gasteiger partial charge in [-0.2, -0.15) is 9.97 Å². The predicted molar refractivity (Wildman–Crippen MR) is 285 cm³/mol. The van der Waals surface area contributed by atoms with Crippen molar-refractivity contribution in [3.05, 3.63) is 243 Å². The monoisotopic (exact) mass is 880 g/mol. The highest BCUT2D eigenvalue weighted by Crippen LogP contribution is 2.47. The van der Waals surface area contributed by atoms with Gasteiger partial charge in [0.1, 0.15) is 0 Å². The Bertz CT molecular complexity index is 4230. The summed E-state index contributed by atoms with van der Waals surface area (Å²) >= 11 is 0. The molecule has 0 N–H and O–H groups in total. The van der Waals surface area contributed by atoms with Crippen molar-refractivity contribution in [3.63, 3.8) is 0 Å². The SMILES string of the molecule is c1ccc(-c2ccc(-c3nc(-c4ccccc4)nc(-n4c5ccccc5c5cc(-n6c7ccccc7c7ccccc76)c6c7ccccc7n(-c7ccccc7-c7ccccc7)c6c54)n3)cc2)cc1. The number of benzene rings is 10. The predicted octanol–water partition coefficient (Wildman–Crippen LogP) is 15.8. The van der Waals surface area contributed by atoms with E-state index in [4.69, 9.17) is 15.0 Å². The topological polar surface area (TPSA) is 53.5 Å². The van der Waals surface area contributed by atoms with Gasteiger partial charge in [0, 0.05) is 49.0 Å². The van der Waals surface area contributed by atoms with Gasteiger partial charge in [0.2, 0.25) is 5.95 Å². The van der Waals surface area contributed by atoms with Crippen LogP contribution in [0.1, 0.15) is 0 Å². The summed E-state index contributed by atoms with van der Waals surface area (Å²) in [5.41, 5.74) is 15.0. The van der Waals surface area contributed by atoms with Gasteiger partial charge in [-0.25, -0.2) is 4.98 Å². The van der Waals surface area contributed by atoms with Gasteiger partial charge in [0.25, 0.3) is 0 Å². The first-order valence-electron chi connectivity index (χ1n) is 23.4. The number of para-hydroxylation sites is 5. The van der Waals surface area contributed by atoms with Gasteiger partial charge in [0.05, 0.1) is 44.5 Å². The van der Waals surface area contributed by atoms with Crippen LogP contribution in [0.3, 0.4) is 0 Å². The zero-order valence-corrected chi connectivity index (χ0v) is 37.3. The van der Waals surface area contributed by atoms with Crippen LogP contribution in [-0.4, -0.2) is 28.7 Å². The van der Waals surface area contributed by atoms with Crippen LogP contribution in [0.15, 0.2) is 243 Å². The highest BCUT2D eigenvalue weighted by molar-refractivity contribution is 6.27. The van der Waals surface area contributed by atoms with Crippen LogP contribution >= 0.6 is 0 Å². The summed E-state index contributed by atoms with van der Waals surface area (Å²) in [4.78, 5) is 16.1. The van der Waals surface area contributed by atoms with E-state index in [-0.39, 0.29) is 0 Å². The minimum absolute atomic E-state index is 0.538. The van der Waals surface area contributed by atoms with E-state index in [2.05, 4.69) is 232 Å². The van der Waals surface area contributed by atoms with Gasteiger partial charge >= 0.3 is 0 Å². The van der Waals surface area contributed by atoms with Crippen molar-refractivity contribution < 1.29 is 0 Å². The molecule has 14 aromatic rings. The maximum Gasteiger partial charge on any atom is 0.238 e. The van der Waals surface area contributed by atoms with Gasteiger partial charge in [-0.1, -0.05) is 206 Å². The quantitative estimate of drug-likeness (QED) is 0.160. The molecule has 0 radical (unpaired) electrons. The number of rotatable bonds is 7. The first kappa shape index (κ1) is 38.8. The van der Waals surface area contributed by atoms with Gasteiger partial charge < -0.3 is 9.13 Å². The Morgan fingerprint density at radius 1 is 0.261 bits per heavy atom. The molecule has 6 nitrogen and oxygen atoms in total. The van der Waals surface area contributed by atoms with Crippen LogP contribution in [0.4, 0.5) is 0 Å². The van der Waals surface area contributed by atoms with Crippen molar-refractivity contribution >= 4 is 65.4 Å². The molecule has 0 spiro atoms. The highest BCUT2D eigenvalue weighted by atomic mass is 15.2. The Morgan fingerprint density at radius 2 is 0.681 bits per heavy atom. The normalized spacial score (nSPS) is 11.8. The molecule has 14 rings (SSSR count). The zero-order chi connectivity index (χ0) is 45.4. The second kappa shape index (κ2) is 15.6. The summed E-state index contributed by atoms with van der Waals surface area (Å²) in [6.07, 6.45) is 0. The van der Waals surface area contributed by atoms with Crippen LogP contribution in [0.25, 0.3) is 128 Å². The summed E-state index contributed by atoms with van der Waals surface area (Å²) in [6, 6.07) is 86.3. The molecule has 4 heterocycles. The van der Waals surface area contributed by atoms with E-state index in [1.165, 1.54) is 10.8 Å². The van der Waals surface area contributed by atoms with E-state index in [1.54, 1.807) is 0 Å². The summed E-state index contributed by atoms with van der Waals surface area (Å²) in [5, 5.41) is 6.89. The lowest BCUT2D eigenvalue weighted by atomic mass is 10.0. The van der Waals surface area contributed by atoms with E-state index >= 15 is 0 Å². The summed E-state index contributed by atoms with van der Waals surface area (Å²) in [5.74, 6) is 1.73. The van der Waals surface area contributed by atoms with Crippen LogP contribution in [-0.2, 0) is 0 Å². The second-order valence-corrected chi connectivity index (χ2v) is 17.6. The Labute approximate surface area is 397 Å². The summed E-state index contributed by atoms with van der Waals surface area (Å²) < 4.78 is 7.26. The van der Waals surface area contributed by atoms with E-state index in [0.29, 0.717) is 17.6 Å². The molecule has 0 atom stereocenters. The van der Waals surface area contributed by atoms with Gasteiger partial charge in [-0.15, -0.1) is 0 Å². The largest absolute Gasteiger partial charge is 0.309 e. The van der Waals surface area contributed by atoms with E-state index in [1.807, 2.05) is 24.3 Å². The van der Waals surface area contributed by atoms with Gasteiger partial charge in [-0.05, 0) is 53.1 Å². The maximum atomic E-state index is 5.48. The molecule has 69 heavy (non-hydrogen) atoms. The number of fused-ring (bicyclic) bond motifs is 10. The molecule has 0 saturated heterocycles. The molecule has 0 unspecified atom stereocenters. The number of nitrogens with zero attached hydrogens (tertiary/aromatic N) is 6. The summed E-state index contributed by atoms with van der Waals surface area (Å²) in [7, 11) is 0. The average molecular weight is 881 g/mol. The lowest BCUT2D eigenvalue weighted by Crippen LogP contribution is -2.07. The molecule has 4 aromatic heterocycles. The summed E-state index contributed by atoms with van der Waals surface area (Å²) in [6.45, 7) is 0. The molecule has 0 aliphatic heterocycles. The van der Waals surface area contributed by atoms with Crippen LogP contribution in [0.5, 0.6) is 0 Å². The molecule has 0 amide bonds. The lowest BCUT2D eigenvalue weighted by molar-refractivity contribution is 0.953. The van der Waals surface area contributed by atoms with Crippen LogP contribution < -0.4 is 0 Å². The van der Waals surface area contributed by atoms with Crippen molar-refractivity contribution in [2.75, 3.05) is 0 Å². The maximum absolute atomic E-state index is 5.48. The van der Waals surface area contributed by atoms with Crippen molar-refractivity contribution in [1.29, 1.82) is 0 Å². The lowest BCUT2D eigenvalue weighted by Gasteiger charge is -2.17. The first-order valence-corrected chi connectivity index (χ1v) is 23.4. The smallest absolute Gasteiger partial charge is 0.238 e. The minimum Gasteiger partial charge on any atom is -0.309 e. The van der Waals surface area contributed by atoms with E-state index in [9.17, 15) is 0 Å². The first-order chi connectivity index (χ1) is 34.3. The second-order valence-electron chi connectivity index (χ2n) is 17.6. The molecule has 0 fully saturated rings. The Balaban J connectivity index is 1.16. The Morgan fingerprint density at radius 3 is 1.29 bits per heavy atom. The molecule has 0 bridgehead atoms. The minimum atomic E-state index is 0.538. The molecule has 0 aliphatic carbocycles. The molecular weight excluding hydrogens is 841 g/mol. The Hall–Kier alpha value is -9.39. The highest BCUT2D eigenvalue weighted by Gasteiger charge is 2.28. The van der Waals surface area contributed by atoms with Gasteiger partial charge in [-0.3, -0.25) is 4.57 Å². The van der Waals surface area contributed by atoms with E-state index < -0.39 is 0 Å². The zero-order valence-electron chi connectivity index (χ0n) is 37.3. The third kappa shape index (κ3) is 6.09. The molecule has 6 heteroatoms. The molecule has 10 aromatic carbocycles. The third-order valence-electron chi connectivity index (χ3n) is 13.7. The van der Waals surface area contributed by atoms with Crippen LogP contribution in [0, 0.1) is 0 Å². The molecule has 0 saturated carbocycles. The standard InChI is InChI=1S/C63H40N6/c1-4-20-41(21-5-1)42-36-38-45(39-37-42)62-64-61(44-24-8-3-9-25-44)65-63(66-62)69-55-34-18-13-29-49(55)51-40-57(67-53-32-16-11-27-47(53)48-28-12-17-33-54(48)67)58-50-30-14-19-35-56(50)68(60(58)59(51)69)52-31-15-10-26-46(52)43-22-6-2-7-23-43/h1-40H. The number of hydrogen-bond acceptors (Lipinski definition) is 3. The van der Waals surface area contributed by atoms with Crippen molar-refractivity contribution in [2.24, 2.45) is 0 Å². The number of aromatic nitrogens is 6. The van der Waals surface area contributed by atoms with E-state index in [0.717, 1.165) is 99.4 Å². The Kier molecular flexibility index (Phi) is 8.79. The van der Waals surface area contributed by atoms with Crippen LogP contribution in [0.2, 0.25) is 0 Å². The van der Waals surface area contributed by atoms with Crippen molar-refractivity contribution in [3.8, 4) is 62.4 Å². The van der Waals surface area contributed by atoms with Crippen molar-refractivity contribution in [2.45, 2.75) is 0 Å². The molecule has 0 aliphatic rings. The average Bonchev–Trinajstić information content (AvgIpc) is 4.07. The molecule has 322 valence electrons.